The Bertz CT molecular complexity index is 121. The van der Waals surface area contributed by atoms with E-state index in [-0.39, 0.29) is 5.91 Å². The molecule has 1 fully saturated rings. The molecule has 0 bridgehead atoms. The summed E-state index contributed by atoms with van der Waals surface area (Å²) in [5.74, 6) is 0.0636. The number of hydrogen-bond acceptors (Lipinski definition) is 3. The third kappa shape index (κ3) is 5.09. The number of amides is 1. The average molecular weight is 173 g/mol. The summed E-state index contributed by atoms with van der Waals surface area (Å²) in [5, 5.41) is 6.08. The molecule has 1 atom stereocenters. The Kier molecular flexibility index (Phi) is 6.70. The molecule has 1 saturated heterocycles. The van der Waals surface area contributed by atoms with Crippen molar-refractivity contribution in [3.05, 3.63) is 0 Å². The van der Waals surface area contributed by atoms with Gasteiger partial charge in [0.15, 0.2) is 0 Å². The van der Waals surface area contributed by atoms with Crippen LogP contribution >= 0.6 is 0 Å². The molecular weight excluding hydrogens is 154 g/mol. The summed E-state index contributed by atoms with van der Waals surface area (Å²) in [6.07, 6.45) is 2.44. The molecule has 0 aromatic heterocycles. The maximum atomic E-state index is 10.5. The molecule has 72 valence electrons. The number of carbonyl (C=O) groups excluding carboxylic acids is 1. The highest BCUT2D eigenvalue weighted by molar-refractivity contribution is 5.72. The van der Waals surface area contributed by atoms with E-state index in [1.807, 2.05) is 0 Å². The Balaban J connectivity index is 0.000000561. The molecule has 0 aliphatic carbocycles. The number of carbonyl (C=O) groups is 1. The summed E-state index contributed by atoms with van der Waals surface area (Å²) < 4.78 is 0. The van der Waals surface area contributed by atoms with Gasteiger partial charge in [-0.1, -0.05) is 0 Å². The lowest BCUT2D eigenvalue weighted by Crippen LogP contribution is -2.35. The van der Waals surface area contributed by atoms with Crippen LogP contribution in [0.2, 0.25) is 0 Å². The second-order valence-electron chi connectivity index (χ2n) is 2.73. The van der Waals surface area contributed by atoms with Gasteiger partial charge in [0.05, 0.1) is 0 Å². The first kappa shape index (κ1) is 11.4. The second kappa shape index (κ2) is 7.06. The van der Waals surface area contributed by atoms with E-state index in [1.165, 1.54) is 19.9 Å². The van der Waals surface area contributed by atoms with Crippen LogP contribution in [0, 0.1) is 0 Å². The van der Waals surface area contributed by atoms with Crippen LogP contribution < -0.4 is 16.4 Å². The number of hydrogen-bond donors (Lipinski definition) is 3. The van der Waals surface area contributed by atoms with Crippen molar-refractivity contribution in [2.75, 3.05) is 20.1 Å². The van der Waals surface area contributed by atoms with Gasteiger partial charge in [-0.2, -0.15) is 0 Å². The second-order valence-corrected chi connectivity index (χ2v) is 2.73. The molecular formula is C8H19N3O. The molecule has 1 aliphatic rings. The van der Waals surface area contributed by atoms with E-state index in [0.29, 0.717) is 6.04 Å². The zero-order valence-electron chi connectivity index (χ0n) is 7.89. The van der Waals surface area contributed by atoms with E-state index in [2.05, 4.69) is 16.4 Å². The van der Waals surface area contributed by atoms with Crippen LogP contribution in [0.15, 0.2) is 0 Å². The average Bonchev–Trinajstić information content (AvgIpc) is 2.56. The molecule has 1 unspecified atom stereocenters. The Hall–Kier alpha value is -0.610. The van der Waals surface area contributed by atoms with E-state index in [0.717, 1.165) is 13.1 Å². The van der Waals surface area contributed by atoms with Crippen LogP contribution in [0.5, 0.6) is 0 Å². The maximum Gasteiger partial charge on any atom is 0.216 e. The summed E-state index contributed by atoms with van der Waals surface area (Å²) in [5.41, 5.74) is 4.50. The van der Waals surface area contributed by atoms with Gasteiger partial charge in [0.25, 0.3) is 0 Å². The fourth-order valence-corrected chi connectivity index (χ4v) is 1.20. The van der Waals surface area contributed by atoms with Gasteiger partial charge < -0.3 is 16.4 Å². The Morgan fingerprint density at radius 2 is 2.33 bits per heavy atom. The summed E-state index contributed by atoms with van der Waals surface area (Å²) in [6, 6.07) is 0.517. The van der Waals surface area contributed by atoms with Crippen LogP contribution in [0.25, 0.3) is 0 Å². The van der Waals surface area contributed by atoms with Gasteiger partial charge >= 0.3 is 0 Å². The Labute approximate surface area is 73.9 Å². The SMILES string of the molecule is CC(=O)NCC1CCCN1.CN. The molecule has 4 N–H and O–H groups in total. The van der Waals surface area contributed by atoms with Gasteiger partial charge in [0, 0.05) is 19.5 Å². The molecule has 0 aromatic carbocycles. The normalized spacial score (nSPS) is 21.1. The minimum atomic E-state index is 0.0636. The van der Waals surface area contributed by atoms with Crippen molar-refractivity contribution in [1.82, 2.24) is 10.6 Å². The highest BCUT2D eigenvalue weighted by Gasteiger charge is 2.12. The standard InChI is InChI=1S/C7H14N2O.CH5N/c1-6(10)9-5-7-3-2-4-8-7;1-2/h7-8H,2-5H2,1H3,(H,9,10);2H2,1H3. The Morgan fingerprint density at radius 1 is 1.67 bits per heavy atom. The fourth-order valence-electron chi connectivity index (χ4n) is 1.20. The molecule has 4 heteroatoms. The van der Waals surface area contributed by atoms with Crippen molar-refractivity contribution in [3.8, 4) is 0 Å². The van der Waals surface area contributed by atoms with E-state index >= 15 is 0 Å². The van der Waals surface area contributed by atoms with Gasteiger partial charge in [-0.05, 0) is 26.4 Å². The third-order valence-electron chi connectivity index (χ3n) is 1.76. The topological polar surface area (TPSA) is 67.2 Å². The summed E-state index contributed by atoms with van der Waals surface area (Å²) >= 11 is 0. The fraction of sp³-hybridized carbons (Fsp3) is 0.875. The monoisotopic (exact) mass is 173 g/mol. The summed E-state index contributed by atoms with van der Waals surface area (Å²) in [7, 11) is 1.50. The van der Waals surface area contributed by atoms with E-state index < -0.39 is 0 Å². The van der Waals surface area contributed by atoms with Crippen molar-refractivity contribution in [1.29, 1.82) is 0 Å². The number of rotatable bonds is 2. The molecule has 1 heterocycles. The van der Waals surface area contributed by atoms with Crippen LogP contribution in [-0.2, 0) is 4.79 Å². The highest BCUT2D eigenvalue weighted by atomic mass is 16.1. The molecule has 1 aliphatic heterocycles. The zero-order valence-corrected chi connectivity index (χ0v) is 7.89. The third-order valence-corrected chi connectivity index (χ3v) is 1.76. The number of nitrogens with two attached hydrogens (primary N) is 1. The van der Waals surface area contributed by atoms with Crippen molar-refractivity contribution >= 4 is 5.91 Å². The zero-order chi connectivity index (χ0) is 9.40. The first-order valence-electron chi connectivity index (χ1n) is 4.34. The summed E-state index contributed by atoms with van der Waals surface area (Å²) in [4.78, 5) is 10.5. The van der Waals surface area contributed by atoms with Crippen molar-refractivity contribution in [3.63, 3.8) is 0 Å². The molecule has 12 heavy (non-hydrogen) atoms. The van der Waals surface area contributed by atoms with E-state index in [4.69, 9.17) is 0 Å². The Morgan fingerprint density at radius 3 is 2.75 bits per heavy atom. The molecule has 0 radical (unpaired) electrons. The van der Waals surface area contributed by atoms with Crippen molar-refractivity contribution in [2.45, 2.75) is 25.8 Å². The predicted molar refractivity (Wildman–Crippen MR) is 49.8 cm³/mol. The van der Waals surface area contributed by atoms with Crippen LogP contribution in [0.1, 0.15) is 19.8 Å². The van der Waals surface area contributed by atoms with Gasteiger partial charge in [0.1, 0.15) is 0 Å². The quantitative estimate of drug-likeness (QED) is 0.525. The smallest absolute Gasteiger partial charge is 0.216 e. The highest BCUT2D eigenvalue weighted by Crippen LogP contribution is 2.02. The predicted octanol–water partition coefficient (Wildman–Crippen LogP) is -0.551. The lowest BCUT2D eigenvalue weighted by Gasteiger charge is -2.09. The molecule has 0 saturated carbocycles. The lowest BCUT2D eigenvalue weighted by molar-refractivity contribution is -0.119. The summed E-state index contributed by atoms with van der Waals surface area (Å²) in [6.45, 7) is 3.44. The van der Waals surface area contributed by atoms with E-state index in [1.54, 1.807) is 6.92 Å². The molecule has 0 spiro atoms. The lowest BCUT2D eigenvalue weighted by atomic mass is 10.2. The first-order valence-corrected chi connectivity index (χ1v) is 4.34. The number of nitrogens with one attached hydrogen (secondary N) is 2. The minimum absolute atomic E-state index is 0.0636. The van der Waals surface area contributed by atoms with Crippen LogP contribution in [0.4, 0.5) is 0 Å². The van der Waals surface area contributed by atoms with Crippen molar-refractivity contribution < 1.29 is 4.79 Å². The maximum absolute atomic E-state index is 10.5. The molecule has 1 amide bonds. The van der Waals surface area contributed by atoms with E-state index in [9.17, 15) is 4.79 Å². The van der Waals surface area contributed by atoms with Crippen LogP contribution in [-0.4, -0.2) is 32.1 Å². The van der Waals surface area contributed by atoms with Gasteiger partial charge in [-0.15, -0.1) is 0 Å². The minimum Gasteiger partial charge on any atom is -0.355 e. The van der Waals surface area contributed by atoms with Crippen molar-refractivity contribution in [2.24, 2.45) is 5.73 Å². The molecule has 1 rings (SSSR count). The van der Waals surface area contributed by atoms with Gasteiger partial charge in [-0.3, -0.25) is 4.79 Å². The molecule has 4 nitrogen and oxygen atoms in total. The van der Waals surface area contributed by atoms with Gasteiger partial charge in [-0.25, -0.2) is 0 Å². The van der Waals surface area contributed by atoms with Gasteiger partial charge in [0.2, 0.25) is 5.91 Å². The largest absolute Gasteiger partial charge is 0.355 e. The molecule has 0 aromatic rings. The van der Waals surface area contributed by atoms with Crippen LogP contribution in [0.3, 0.4) is 0 Å². The first-order chi connectivity index (χ1) is 5.79.